The Bertz CT molecular complexity index is 191. The van der Waals surface area contributed by atoms with Gasteiger partial charge in [0.05, 0.1) is 0 Å². The fraction of sp³-hybridized carbons (Fsp3) is 0.778. The number of carboxylic acid groups (broad SMARTS) is 1. The largest absolute Gasteiger partial charge is 0.480 e. The summed E-state index contributed by atoms with van der Waals surface area (Å²) in [4.78, 5) is 21.7. The SMILES string of the molecule is CCC(=O)N[C@H](C(=O)O)C(C)CC. The Balaban J connectivity index is 4.26. The second-order valence-corrected chi connectivity index (χ2v) is 3.12. The van der Waals surface area contributed by atoms with E-state index >= 15 is 0 Å². The second kappa shape index (κ2) is 5.56. The molecule has 0 aliphatic rings. The highest BCUT2D eigenvalue weighted by Crippen LogP contribution is 2.07. The summed E-state index contributed by atoms with van der Waals surface area (Å²) >= 11 is 0. The first kappa shape index (κ1) is 11.9. The molecule has 4 nitrogen and oxygen atoms in total. The molecular weight excluding hydrogens is 170 g/mol. The van der Waals surface area contributed by atoms with E-state index in [0.29, 0.717) is 6.42 Å². The van der Waals surface area contributed by atoms with Crippen LogP contribution >= 0.6 is 0 Å². The molecule has 2 N–H and O–H groups in total. The maximum Gasteiger partial charge on any atom is 0.326 e. The van der Waals surface area contributed by atoms with E-state index < -0.39 is 12.0 Å². The van der Waals surface area contributed by atoms with Crippen LogP contribution in [0.5, 0.6) is 0 Å². The lowest BCUT2D eigenvalue weighted by molar-refractivity contribution is -0.143. The number of amides is 1. The van der Waals surface area contributed by atoms with Crippen LogP contribution in [0.15, 0.2) is 0 Å². The molecule has 2 atom stereocenters. The summed E-state index contributed by atoms with van der Waals surface area (Å²) in [5, 5.41) is 11.3. The van der Waals surface area contributed by atoms with Gasteiger partial charge in [0.1, 0.15) is 6.04 Å². The van der Waals surface area contributed by atoms with Gasteiger partial charge in [-0.15, -0.1) is 0 Å². The smallest absolute Gasteiger partial charge is 0.326 e. The first-order chi connectivity index (χ1) is 6.02. The molecule has 0 aromatic rings. The number of carbonyl (C=O) groups excluding carboxylic acids is 1. The number of nitrogens with one attached hydrogen (secondary N) is 1. The van der Waals surface area contributed by atoms with Crippen LogP contribution in [0.4, 0.5) is 0 Å². The summed E-state index contributed by atoms with van der Waals surface area (Å²) in [7, 11) is 0. The molecule has 76 valence electrons. The van der Waals surface area contributed by atoms with Gasteiger partial charge in [-0.05, 0) is 5.92 Å². The van der Waals surface area contributed by atoms with Crippen molar-refractivity contribution < 1.29 is 14.7 Å². The summed E-state index contributed by atoms with van der Waals surface area (Å²) in [6.07, 6.45) is 1.06. The van der Waals surface area contributed by atoms with Gasteiger partial charge in [0, 0.05) is 6.42 Å². The van der Waals surface area contributed by atoms with E-state index in [0.717, 1.165) is 6.42 Å². The Labute approximate surface area is 78.3 Å². The van der Waals surface area contributed by atoms with Crippen LogP contribution < -0.4 is 5.32 Å². The first-order valence-corrected chi connectivity index (χ1v) is 4.55. The topological polar surface area (TPSA) is 66.4 Å². The molecule has 0 aliphatic heterocycles. The average molecular weight is 187 g/mol. The molecule has 0 heterocycles. The maximum absolute atomic E-state index is 11.0. The minimum absolute atomic E-state index is 0.0343. The predicted molar refractivity (Wildman–Crippen MR) is 49.3 cm³/mol. The number of hydrogen-bond donors (Lipinski definition) is 2. The number of aliphatic carboxylic acids is 1. The van der Waals surface area contributed by atoms with E-state index in [4.69, 9.17) is 5.11 Å². The fourth-order valence-electron chi connectivity index (χ4n) is 0.959. The van der Waals surface area contributed by atoms with Gasteiger partial charge >= 0.3 is 5.97 Å². The van der Waals surface area contributed by atoms with Gasteiger partial charge < -0.3 is 10.4 Å². The zero-order chi connectivity index (χ0) is 10.4. The van der Waals surface area contributed by atoms with E-state index in [1.54, 1.807) is 6.92 Å². The molecule has 0 aromatic heterocycles. The van der Waals surface area contributed by atoms with E-state index in [1.165, 1.54) is 0 Å². The number of carbonyl (C=O) groups is 2. The van der Waals surface area contributed by atoms with Crippen LogP contribution in [0.3, 0.4) is 0 Å². The van der Waals surface area contributed by atoms with Gasteiger partial charge in [0.2, 0.25) is 5.91 Å². The van der Waals surface area contributed by atoms with Crippen LogP contribution in [0.1, 0.15) is 33.6 Å². The van der Waals surface area contributed by atoms with Crippen molar-refractivity contribution in [2.75, 3.05) is 0 Å². The number of carboxylic acids is 1. The third kappa shape index (κ3) is 3.92. The molecule has 0 bridgehead atoms. The molecule has 4 heteroatoms. The first-order valence-electron chi connectivity index (χ1n) is 4.55. The van der Waals surface area contributed by atoms with Crippen molar-refractivity contribution in [1.82, 2.24) is 5.32 Å². The highest BCUT2D eigenvalue weighted by Gasteiger charge is 2.24. The van der Waals surface area contributed by atoms with Gasteiger partial charge in [0.15, 0.2) is 0 Å². The van der Waals surface area contributed by atoms with Gasteiger partial charge in [0.25, 0.3) is 0 Å². The summed E-state index contributed by atoms with van der Waals surface area (Å²) < 4.78 is 0. The van der Waals surface area contributed by atoms with Crippen LogP contribution in [-0.4, -0.2) is 23.0 Å². The summed E-state index contributed by atoms with van der Waals surface area (Å²) in [6.45, 7) is 5.41. The van der Waals surface area contributed by atoms with E-state index in [-0.39, 0.29) is 11.8 Å². The van der Waals surface area contributed by atoms with Crippen molar-refractivity contribution in [1.29, 1.82) is 0 Å². The number of rotatable bonds is 5. The van der Waals surface area contributed by atoms with Crippen LogP contribution in [0.25, 0.3) is 0 Å². The summed E-state index contributed by atoms with van der Waals surface area (Å²) in [6, 6.07) is -0.752. The van der Waals surface area contributed by atoms with E-state index in [1.807, 2.05) is 13.8 Å². The quantitative estimate of drug-likeness (QED) is 0.675. The lowest BCUT2D eigenvalue weighted by Gasteiger charge is -2.19. The number of hydrogen-bond acceptors (Lipinski definition) is 2. The van der Waals surface area contributed by atoms with Crippen molar-refractivity contribution in [2.45, 2.75) is 39.7 Å². The summed E-state index contributed by atoms with van der Waals surface area (Å²) in [5.41, 5.74) is 0. The van der Waals surface area contributed by atoms with Crippen molar-refractivity contribution in [2.24, 2.45) is 5.92 Å². The van der Waals surface area contributed by atoms with Gasteiger partial charge in [-0.25, -0.2) is 4.79 Å². The molecular formula is C9H17NO3. The Kier molecular flexibility index (Phi) is 5.11. The van der Waals surface area contributed by atoms with Crippen molar-refractivity contribution >= 4 is 11.9 Å². The van der Waals surface area contributed by atoms with Crippen LogP contribution in [0, 0.1) is 5.92 Å². The zero-order valence-corrected chi connectivity index (χ0v) is 8.33. The summed E-state index contributed by atoms with van der Waals surface area (Å²) in [5.74, 6) is -1.21. The highest BCUT2D eigenvalue weighted by atomic mass is 16.4. The third-order valence-corrected chi connectivity index (χ3v) is 2.12. The van der Waals surface area contributed by atoms with Gasteiger partial charge in [-0.2, -0.15) is 0 Å². The lowest BCUT2D eigenvalue weighted by Crippen LogP contribution is -2.44. The minimum atomic E-state index is -0.962. The van der Waals surface area contributed by atoms with Crippen molar-refractivity contribution in [3.8, 4) is 0 Å². The third-order valence-electron chi connectivity index (χ3n) is 2.12. The molecule has 13 heavy (non-hydrogen) atoms. The van der Waals surface area contributed by atoms with Gasteiger partial charge in [-0.3, -0.25) is 4.79 Å². The molecule has 1 amide bonds. The molecule has 0 spiro atoms. The zero-order valence-electron chi connectivity index (χ0n) is 8.33. The normalized spacial score (nSPS) is 14.7. The molecule has 0 saturated carbocycles. The molecule has 0 fully saturated rings. The molecule has 0 radical (unpaired) electrons. The van der Waals surface area contributed by atoms with Crippen LogP contribution in [-0.2, 0) is 9.59 Å². The standard InChI is InChI=1S/C9H17NO3/c1-4-6(3)8(9(12)13)10-7(11)5-2/h6,8H,4-5H2,1-3H3,(H,10,11)(H,12,13)/t6?,8-/m0/s1. The second-order valence-electron chi connectivity index (χ2n) is 3.12. The fourth-order valence-corrected chi connectivity index (χ4v) is 0.959. The van der Waals surface area contributed by atoms with Crippen LogP contribution in [0.2, 0.25) is 0 Å². The Morgan fingerprint density at radius 3 is 2.23 bits per heavy atom. The Morgan fingerprint density at radius 1 is 1.38 bits per heavy atom. The lowest BCUT2D eigenvalue weighted by atomic mass is 9.99. The monoisotopic (exact) mass is 187 g/mol. The van der Waals surface area contributed by atoms with Crippen molar-refractivity contribution in [3.05, 3.63) is 0 Å². The molecule has 0 aliphatic carbocycles. The predicted octanol–water partition coefficient (Wildman–Crippen LogP) is 1.01. The van der Waals surface area contributed by atoms with E-state index in [2.05, 4.69) is 5.32 Å². The maximum atomic E-state index is 11.0. The molecule has 0 saturated heterocycles. The Hall–Kier alpha value is -1.06. The average Bonchev–Trinajstić information content (AvgIpc) is 2.11. The molecule has 0 rings (SSSR count). The van der Waals surface area contributed by atoms with Gasteiger partial charge in [-0.1, -0.05) is 27.2 Å². The molecule has 1 unspecified atom stereocenters. The molecule has 0 aromatic carbocycles. The van der Waals surface area contributed by atoms with Crippen molar-refractivity contribution in [3.63, 3.8) is 0 Å². The van der Waals surface area contributed by atoms with E-state index in [9.17, 15) is 9.59 Å². The minimum Gasteiger partial charge on any atom is -0.480 e. The highest BCUT2D eigenvalue weighted by molar-refractivity contribution is 5.83. The Morgan fingerprint density at radius 2 is 1.92 bits per heavy atom.